The molecule has 0 radical (unpaired) electrons. The number of carboxylic acids is 1. The lowest BCUT2D eigenvalue weighted by atomic mass is 9.84. The normalized spacial score (nSPS) is 23.9. The lowest BCUT2D eigenvalue weighted by Gasteiger charge is -2.25. The fraction of sp³-hybridized carbons (Fsp3) is 0.214. The highest BCUT2D eigenvalue weighted by Gasteiger charge is 2.35. The van der Waals surface area contributed by atoms with Crippen LogP contribution in [0, 0.1) is 0 Å². The standard InChI is InChI=1S/C14H14O3/c1-10-9-14(17,13(15)16)8-7-12(10)11-5-3-2-4-6-11/h2-8,17H,9H2,1H3,(H,15,16). The molecule has 0 aliphatic heterocycles. The minimum absolute atomic E-state index is 0.128. The second-order valence-corrected chi connectivity index (χ2v) is 4.30. The first-order valence-corrected chi connectivity index (χ1v) is 5.43. The molecule has 3 heteroatoms. The highest BCUT2D eigenvalue weighted by atomic mass is 16.4. The van der Waals surface area contributed by atoms with E-state index in [4.69, 9.17) is 5.11 Å². The molecule has 3 nitrogen and oxygen atoms in total. The van der Waals surface area contributed by atoms with Gasteiger partial charge in [0, 0.05) is 6.42 Å². The second kappa shape index (κ2) is 4.18. The summed E-state index contributed by atoms with van der Waals surface area (Å²) in [7, 11) is 0. The zero-order valence-corrected chi connectivity index (χ0v) is 9.55. The average molecular weight is 230 g/mol. The molecule has 1 aromatic carbocycles. The Balaban J connectivity index is 2.36. The SMILES string of the molecule is CC1=C(c2ccccc2)C=CC(O)(C(=O)O)C1. The van der Waals surface area contributed by atoms with Gasteiger partial charge in [-0.1, -0.05) is 42.0 Å². The highest BCUT2D eigenvalue weighted by molar-refractivity contribution is 5.86. The Morgan fingerprint density at radius 1 is 1.29 bits per heavy atom. The number of aliphatic hydroxyl groups is 1. The van der Waals surface area contributed by atoms with E-state index >= 15 is 0 Å². The Hall–Kier alpha value is -1.87. The summed E-state index contributed by atoms with van der Waals surface area (Å²) in [6.45, 7) is 1.85. The van der Waals surface area contributed by atoms with E-state index in [2.05, 4.69) is 0 Å². The molecule has 0 saturated carbocycles. The fourth-order valence-corrected chi connectivity index (χ4v) is 2.03. The van der Waals surface area contributed by atoms with Crippen LogP contribution < -0.4 is 0 Å². The zero-order chi connectivity index (χ0) is 12.5. The van der Waals surface area contributed by atoms with Crippen LogP contribution >= 0.6 is 0 Å². The number of hydrogen-bond donors (Lipinski definition) is 2. The van der Waals surface area contributed by atoms with Crippen LogP contribution in [0.25, 0.3) is 5.57 Å². The van der Waals surface area contributed by atoms with Crippen molar-refractivity contribution in [3.05, 3.63) is 53.6 Å². The van der Waals surface area contributed by atoms with E-state index in [1.807, 2.05) is 37.3 Å². The molecule has 0 fully saturated rings. The van der Waals surface area contributed by atoms with Crippen molar-refractivity contribution in [3.63, 3.8) is 0 Å². The minimum atomic E-state index is -1.76. The number of allylic oxidation sites excluding steroid dienone is 2. The maximum atomic E-state index is 10.9. The van der Waals surface area contributed by atoms with E-state index in [0.29, 0.717) is 0 Å². The van der Waals surface area contributed by atoms with Crippen molar-refractivity contribution in [1.82, 2.24) is 0 Å². The van der Waals surface area contributed by atoms with E-state index in [1.54, 1.807) is 6.08 Å². The number of carbonyl (C=O) groups is 1. The summed E-state index contributed by atoms with van der Waals surface area (Å²) < 4.78 is 0. The molecule has 0 aromatic heterocycles. The van der Waals surface area contributed by atoms with Gasteiger partial charge in [-0.25, -0.2) is 4.79 Å². The molecule has 0 heterocycles. The molecule has 1 aromatic rings. The van der Waals surface area contributed by atoms with Crippen LogP contribution in [0.5, 0.6) is 0 Å². The van der Waals surface area contributed by atoms with Crippen molar-refractivity contribution in [3.8, 4) is 0 Å². The third kappa shape index (κ3) is 2.15. The van der Waals surface area contributed by atoms with Crippen LogP contribution in [0.2, 0.25) is 0 Å². The first-order valence-electron chi connectivity index (χ1n) is 5.43. The van der Waals surface area contributed by atoms with E-state index in [1.165, 1.54) is 6.08 Å². The average Bonchev–Trinajstić information content (AvgIpc) is 2.30. The van der Waals surface area contributed by atoms with Gasteiger partial charge >= 0.3 is 5.97 Å². The van der Waals surface area contributed by atoms with Crippen LogP contribution in [-0.2, 0) is 4.79 Å². The first-order chi connectivity index (χ1) is 8.03. The van der Waals surface area contributed by atoms with Gasteiger partial charge < -0.3 is 10.2 Å². The van der Waals surface area contributed by atoms with Gasteiger partial charge in [-0.2, -0.15) is 0 Å². The summed E-state index contributed by atoms with van der Waals surface area (Å²) in [5.74, 6) is -1.21. The maximum absolute atomic E-state index is 10.9. The molecule has 2 rings (SSSR count). The van der Waals surface area contributed by atoms with Gasteiger partial charge in [0.15, 0.2) is 5.60 Å². The first kappa shape index (κ1) is 11.6. The molecule has 0 saturated heterocycles. The molecule has 2 N–H and O–H groups in total. The summed E-state index contributed by atoms with van der Waals surface area (Å²) in [5.41, 5.74) is 1.14. The molecule has 1 aliphatic rings. The third-order valence-electron chi connectivity index (χ3n) is 2.98. The van der Waals surface area contributed by atoms with Gasteiger partial charge in [-0.15, -0.1) is 0 Å². The van der Waals surface area contributed by atoms with Gasteiger partial charge in [0.2, 0.25) is 0 Å². The molecule has 88 valence electrons. The fourth-order valence-electron chi connectivity index (χ4n) is 2.03. The molecule has 0 bridgehead atoms. The van der Waals surface area contributed by atoms with Crippen LogP contribution in [-0.4, -0.2) is 21.8 Å². The van der Waals surface area contributed by atoms with Crippen molar-refractivity contribution in [2.75, 3.05) is 0 Å². The Morgan fingerprint density at radius 2 is 1.94 bits per heavy atom. The summed E-state index contributed by atoms with van der Waals surface area (Å²) in [6, 6.07) is 9.73. The molecular weight excluding hydrogens is 216 g/mol. The van der Waals surface area contributed by atoms with Gasteiger partial charge in [-0.05, 0) is 24.1 Å². The molecular formula is C14H14O3. The van der Waals surface area contributed by atoms with Crippen molar-refractivity contribution in [1.29, 1.82) is 0 Å². The minimum Gasteiger partial charge on any atom is -0.479 e. The van der Waals surface area contributed by atoms with Crippen molar-refractivity contribution in [2.24, 2.45) is 0 Å². The number of carboxylic acid groups (broad SMARTS) is 1. The van der Waals surface area contributed by atoms with E-state index in [9.17, 15) is 9.90 Å². The van der Waals surface area contributed by atoms with Crippen molar-refractivity contribution in [2.45, 2.75) is 18.9 Å². The number of benzene rings is 1. The van der Waals surface area contributed by atoms with Crippen LogP contribution in [0.15, 0.2) is 48.1 Å². The third-order valence-corrected chi connectivity index (χ3v) is 2.98. The van der Waals surface area contributed by atoms with Gasteiger partial charge in [-0.3, -0.25) is 0 Å². The molecule has 1 aliphatic carbocycles. The summed E-state index contributed by atoms with van der Waals surface area (Å²) >= 11 is 0. The van der Waals surface area contributed by atoms with Gasteiger partial charge in [0.05, 0.1) is 0 Å². The monoisotopic (exact) mass is 230 g/mol. The molecule has 1 atom stereocenters. The van der Waals surface area contributed by atoms with Gasteiger partial charge in [0.1, 0.15) is 0 Å². The summed E-state index contributed by atoms with van der Waals surface area (Å²) in [6.07, 6.45) is 3.16. The van der Waals surface area contributed by atoms with Crippen molar-refractivity contribution >= 4 is 11.5 Å². The predicted octanol–water partition coefficient (Wildman–Crippen LogP) is 2.24. The molecule has 0 amide bonds. The quantitative estimate of drug-likeness (QED) is 0.819. The maximum Gasteiger partial charge on any atom is 0.340 e. The summed E-state index contributed by atoms with van der Waals surface area (Å²) in [5, 5.41) is 18.8. The largest absolute Gasteiger partial charge is 0.479 e. The topological polar surface area (TPSA) is 57.5 Å². The van der Waals surface area contributed by atoms with E-state index in [-0.39, 0.29) is 6.42 Å². The van der Waals surface area contributed by atoms with Crippen molar-refractivity contribution < 1.29 is 15.0 Å². The lowest BCUT2D eigenvalue weighted by molar-refractivity contribution is -0.153. The summed E-state index contributed by atoms with van der Waals surface area (Å²) in [4.78, 5) is 10.9. The zero-order valence-electron chi connectivity index (χ0n) is 9.55. The van der Waals surface area contributed by atoms with E-state index < -0.39 is 11.6 Å². The van der Waals surface area contributed by atoms with Gasteiger partial charge in [0.25, 0.3) is 0 Å². The predicted molar refractivity (Wildman–Crippen MR) is 65.4 cm³/mol. The number of aliphatic carboxylic acids is 1. The molecule has 1 unspecified atom stereocenters. The Bertz CT molecular complexity index is 499. The van der Waals surface area contributed by atoms with Crippen LogP contribution in [0.4, 0.5) is 0 Å². The second-order valence-electron chi connectivity index (χ2n) is 4.30. The number of rotatable bonds is 2. The lowest BCUT2D eigenvalue weighted by Crippen LogP contribution is -2.37. The van der Waals surface area contributed by atoms with E-state index in [0.717, 1.165) is 16.7 Å². The smallest absolute Gasteiger partial charge is 0.340 e. The Kier molecular flexibility index (Phi) is 2.86. The molecule has 0 spiro atoms. The Labute approximate surface area is 99.7 Å². The Morgan fingerprint density at radius 3 is 2.47 bits per heavy atom. The number of hydrogen-bond acceptors (Lipinski definition) is 2. The van der Waals surface area contributed by atoms with Crippen LogP contribution in [0.3, 0.4) is 0 Å². The van der Waals surface area contributed by atoms with Crippen LogP contribution in [0.1, 0.15) is 18.9 Å². The highest BCUT2D eigenvalue weighted by Crippen LogP contribution is 2.32. The molecule has 17 heavy (non-hydrogen) atoms.